The molecule has 0 aliphatic rings. The third-order valence-electron chi connectivity index (χ3n) is 3.07. The molecule has 0 saturated carbocycles. The first-order valence-corrected chi connectivity index (χ1v) is 7.38. The monoisotopic (exact) mass is 272 g/mol. The van der Waals surface area contributed by atoms with Gasteiger partial charge < -0.3 is 10.2 Å². The Kier molecular flexibility index (Phi) is 3.62. The van der Waals surface area contributed by atoms with Crippen molar-refractivity contribution in [2.75, 3.05) is 6.54 Å². The summed E-state index contributed by atoms with van der Waals surface area (Å²) < 4.78 is 5.82. The highest BCUT2D eigenvalue weighted by atomic mass is 32.1. The van der Waals surface area contributed by atoms with Crippen LogP contribution in [-0.2, 0) is 6.42 Å². The molecule has 3 aromatic rings. The molecule has 0 amide bonds. The lowest BCUT2D eigenvalue weighted by molar-refractivity contribution is 0.628. The first-order valence-electron chi connectivity index (χ1n) is 6.50. The summed E-state index contributed by atoms with van der Waals surface area (Å²) in [6.07, 6.45) is 3.16. The number of para-hydroxylation sites is 1. The Labute approximate surface area is 116 Å². The van der Waals surface area contributed by atoms with E-state index in [0.717, 1.165) is 53.2 Å². The van der Waals surface area contributed by atoms with E-state index < -0.39 is 0 Å². The lowest BCUT2D eigenvalue weighted by Crippen LogP contribution is -1.98. The number of aryl methyl sites for hydroxylation is 1. The van der Waals surface area contributed by atoms with E-state index in [4.69, 9.17) is 10.2 Å². The van der Waals surface area contributed by atoms with E-state index in [-0.39, 0.29) is 0 Å². The molecule has 0 fully saturated rings. The number of thiazole rings is 1. The average molecular weight is 272 g/mol. The molecule has 19 heavy (non-hydrogen) atoms. The summed E-state index contributed by atoms with van der Waals surface area (Å²) >= 11 is 1.69. The zero-order valence-electron chi connectivity index (χ0n) is 10.6. The molecule has 2 heterocycles. The van der Waals surface area contributed by atoms with Gasteiger partial charge in [-0.2, -0.15) is 0 Å². The van der Waals surface area contributed by atoms with Gasteiger partial charge in [0, 0.05) is 10.8 Å². The SMILES string of the molecule is NCCCCc1nc(-c2cc3ccccc3o2)cs1. The Bertz CT molecular complexity index is 638. The van der Waals surface area contributed by atoms with Gasteiger partial charge in [-0.3, -0.25) is 0 Å². The second kappa shape index (κ2) is 5.55. The van der Waals surface area contributed by atoms with Crippen molar-refractivity contribution in [2.24, 2.45) is 5.73 Å². The first kappa shape index (κ1) is 12.4. The van der Waals surface area contributed by atoms with Crippen molar-refractivity contribution in [3.8, 4) is 11.5 Å². The van der Waals surface area contributed by atoms with E-state index in [1.54, 1.807) is 11.3 Å². The molecule has 0 aliphatic heterocycles. The van der Waals surface area contributed by atoms with Gasteiger partial charge in [0.05, 0.1) is 5.01 Å². The fourth-order valence-electron chi connectivity index (χ4n) is 2.07. The summed E-state index contributed by atoms with van der Waals surface area (Å²) in [6.45, 7) is 0.752. The van der Waals surface area contributed by atoms with E-state index in [0.29, 0.717) is 0 Å². The highest BCUT2D eigenvalue weighted by molar-refractivity contribution is 7.09. The first-order chi connectivity index (χ1) is 9.36. The van der Waals surface area contributed by atoms with E-state index >= 15 is 0 Å². The van der Waals surface area contributed by atoms with Crippen molar-refractivity contribution < 1.29 is 4.42 Å². The minimum Gasteiger partial charge on any atom is -0.454 e. The number of benzene rings is 1. The molecule has 3 rings (SSSR count). The zero-order chi connectivity index (χ0) is 13.1. The molecule has 0 aliphatic carbocycles. The molecular formula is C15H16N2OS. The van der Waals surface area contributed by atoms with Crippen LogP contribution in [0.25, 0.3) is 22.4 Å². The van der Waals surface area contributed by atoms with Crippen LogP contribution in [0.3, 0.4) is 0 Å². The maximum absolute atomic E-state index is 5.82. The Balaban J connectivity index is 1.81. The molecule has 0 unspecified atom stereocenters. The number of furan rings is 1. The minimum atomic E-state index is 0.752. The molecular weight excluding hydrogens is 256 g/mol. The standard InChI is InChI=1S/C15H16N2OS/c16-8-4-3-7-15-17-12(10-19-15)14-9-11-5-1-2-6-13(11)18-14/h1-2,5-6,9-10H,3-4,7-8,16H2. The Morgan fingerprint density at radius 3 is 2.95 bits per heavy atom. The van der Waals surface area contributed by atoms with Crippen LogP contribution in [0.15, 0.2) is 40.1 Å². The molecule has 0 bridgehead atoms. The van der Waals surface area contributed by atoms with Gasteiger partial charge in [-0.1, -0.05) is 18.2 Å². The summed E-state index contributed by atoms with van der Waals surface area (Å²) in [5.74, 6) is 0.850. The van der Waals surface area contributed by atoms with Gasteiger partial charge in [-0.25, -0.2) is 4.98 Å². The Hall–Kier alpha value is -1.65. The number of nitrogens with zero attached hydrogens (tertiary/aromatic N) is 1. The normalized spacial score (nSPS) is 11.2. The van der Waals surface area contributed by atoms with E-state index in [2.05, 4.69) is 16.4 Å². The lowest BCUT2D eigenvalue weighted by Gasteiger charge is -1.93. The average Bonchev–Trinajstić information content (AvgIpc) is 3.04. The molecule has 1 aromatic carbocycles. The molecule has 3 nitrogen and oxygen atoms in total. The smallest absolute Gasteiger partial charge is 0.154 e. The predicted octanol–water partition coefficient (Wildman–Crippen LogP) is 3.84. The molecule has 0 saturated heterocycles. The fraction of sp³-hybridized carbons (Fsp3) is 0.267. The Morgan fingerprint density at radius 2 is 2.11 bits per heavy atom. The molecule has 0 atom stereocenters. The van der Waals surface area contributed by atoms with Crippen LogP contribution in [0, 0.1) is 0 Å². The van der Waals surface area contributed by atoms with Crippen LogP contribution in [0.4, 0.5) is 0 Å². The lowest BCUT2D eigenvalue weighted by atomic mass is 10.2. The summed E-state index contributed by atoms with van der Waals surface area (Å²) in [6, 6.07) is 10.1. The quantitative estimate of drug-likeness (QED) is 0.718. The van der Waals surface area contributed by atoms with Crippen LogP contribution in [-0.4, -0.2) is 11.5 Å². The van der Waals surface area contributed by atoms with Gasteiger partial charge in [-0.05, 0) is 37.9 Å². The van der Waals surface area contributed by atoms with E-state index in [1.807, 2.05) is 24.3 Å². The molecule has 98 valence electrons. The number of unbranched alkanes of at least 4 members (excludes halogenated alkanes) is 1. The van der Waals surface area contributed by atoms with Crippen molar-refractivity contribution in [1.29, 1.82) is 0 Å². The number of nitrogens with two attached hydrogens (primary N) is 1. The van der Waals surface area contributed by atoms with Crippen LogP contribution >= 0.6 is 11.3 Å². The summed E-state index contributed by atoms with van der Waals surface area (Å²) in [7, 11) is 0. The van der Waals surface area contributed by atoms with Crippen molar-refractivity contribution in [2.45, 2.75) is 19.3 Å². The van der Waals surface area contributed by atoms with E-state index in [1.165, 1.54) is 0 Å². The van der Waals surface area contributed by atoms with Gasteiger partial charge in [0.15, 0.2) is 5.76 Å². The number of hydrogen-bond donors (Lipinski definition) is 1. The highest BCUT2D eigenvalue weighted by Crippen LogP contribution is 2.28. The van der Waals surface area contributed by atoms with Crippen molar-refractivity contribution in [3.05, 3.63) is 40.7 Å². The molecule has 2 N–H and O–H groups in total. The third-order valence-corrected chi connectivity index (χ3v) is 3.98. The maximum atomic E-state index is 5.82. The van der Waals surface area contributed by atoms with Crippen molar-refractivity contribution in [1.82, 2.24) is 4.98 Å². The van der Waals surface area contributed by atoms with Gasteiger partial charge >= 0.3 is 0 Å². The zero-order valence-corrected chi connectivity index (χ0v) is 11.5. The fourth-order valence-corrected chi connectivity index (χ4v) is 2.90. The number of rotatable bonds is 5. The van der Waals surface area contributed by atoms with Crippen molar-refractivity contribution >= 4 is 22.3 Å². The van der Waals surface area contributed by atoms with Crippen LogP contribution in [0.1, 0.15) is 17.8 Å². The third kappa shape index (κ3) is 2.69. The Morgan fingerprint density at radius 1 is 1.21 bits per heavy atom. The van der Waals surface area contributed by atoms with Crippen LogP contribution in [0.5, 0.6) is 0 Å². The van der Waals surface area contributed by atoms with Gasteiger partial charge in [0.1, 0.15) is 11.3 Å². The van der Waals surface area contributed by atoms with Crippen LogP contribution in [0.2, 0.25) is 0 Å². The van der Waals surface area contributed by atoms with Crippen molar-refractivity contribution in [3.63, 3.8) is 0 Å². The number of aromatic nitrogens is 1. The molecule has 2 aromatic heterocycles. The summed E-state index contributed by atoms with van der Waals surface area (Å²) in [5, 5.41) is 4.34. The second-order valence-electron chi connectivity index (χ2n) is 4.52. The minimum absolute atomic E-state index is 0.752. The van der Waals surface area contributed by atoms with Gasteiger partial charge in [0.25, 0.3) is 0 Å². The molecule has 0 spiro atoms. The second-order valence-corrected chi connectivity index (χ2v) is 5.46. The predicted molar refractivity (Wildman–Crippen MR) is 79.3 cm³/mol. The number of hydrogen-bond acceptors (Lipinski definition) is 4. The van der Waals surface area contributed by atoms with Gasteiger partial charge in [0.2, 0.25) is 0 Å². The topological polar surface area (TPSA) is 52.0 Å². The largest absolute Gasteiger partial charge is 0.454 e. The highest BCUT2D eigenvalue weighted by Gasteiger charge is 2.09. The maximum Gasteiger partial charge on any atom is 0.154 e. The number of fused-ring (bicyclic) bond motifs is 1. The molecule has 0 radical (unpaired) electrons. The summed E-state index contributed by atoms with van der Waals surface area (Å²) in [4.78, 5) is 4.63. The van der Waals surface area contributed by atoms with E-state index in [9.17, 15) is 0 Å². The van der Waals surface area contributed by atoms with Gasteiger partial charge in [-0.15, -0.1) is 11.3 Å². The summed E-state index contributed by atoms with van der Waals surface area (Å²) in [5.41, 5.74) is 7.35. The van der Waals surface area contributed by atoms with Crippen LogP contribution < -0.4 is 5.73 Å². The molecule has 4 heteroatoms.